The van der Waals surface area contributed by atoms with Gasteiger partial charge in [-0.25, -0.2) is 4.39 Å². The SMILES string of the molecule is CC(C)N1CCn2c3c(c(F)c2C1=O)C(CC(C)N1CCc2c(sc4c2CC2(CC2)C4)C1=O)CCC3. The van der Waals surface area contributed by atoms with Crippen LogP contribution in [0.15, 0.2) is 0 Å². The normalized spacial score (nSPS) is 24.8. The molecule has 0 saturated heterocycles. The van der Waals surface area contributed by atoms with Crippen LogP contribution in [-0.2, 0) is 32.2 Å². The number of hydrogen-bond acceptors (Lipinski definition) is 3. The lowest BCUT2D eigenvalue weighted by Gasteiger charge is -2.36. The van der Waals surface area contributed by atoms with Crippen molar-refractivity contribution in [3.05, 3.63) is 43.6 Å². The van der Waals surface area contributed by atoms with E-state index < -0.39 is 0 Å². The Hall–Kier alpha value is -2.15. The Morgan fingerprint density at radius 2 is 1.81 bits per heavy atom. The van der Waals surface area contributed by atoms with E-state index >= 15 is 4.39 Å². The predicted molar refractivity (Wildman–Crippen MR) is 138 cm³/mol. The fourth-order valence-electron chi connectivity index (χ4n) is 7.70. The molecule has 4 heterocycles. The zero-order valence-electron chi connectivity index (χ0n) is 21.7. The van der Waals surface area contributed by atoms with Gasteiger partial charge in [-0.3, -0.25) is 9.59 Å². The highest BCUT2D eigenvalue weighted by Crippen LogP contribution is 2.58. The minimum absolute atomic E-state index is 0.0486. The van der Waals surface area contributed by atoms with Crippen LogP contribution in [0, 0.1) is 11.2 Å². The van der Waals surface area contributed by atoms with Crippen LogP contribution in [0.5, 0.6) is 0 Å². The second-order valence-electron chi connectivity index (χ2n) is 12.4. The van der Waals surface area contributed by atoms with Gasteiger partial charge in [0.2, 0.25) is 0 Å². The topological polar surface area (TPSA) is 45.6 Å². The summed E-state index contributed by atoms with van der Waals surface area (Å²) in [5.41, 5.74) is 5.45. The molecular weight excluding hydrogens is 473 g/mol. The van der Waals surface area contributed by atoms with E-state index in [1.807, 2.05) is 18.4 Å². The van der Waals surface area contributed by atoms with Crippen molar-refractivity contribution < 1.29 is 14.0 Å². The third-order valence-electron chi connectivity index (χ3n) is 9.84. The minimum Gasteiger partial charge on any atom is -0.336 e. The van der Waals surface area contributed by atoms with Gasteiger partial charge >= 0.3 is 0 Å². The van der Waals surface area contributed by atoms with E-state index in [4.69, 9.17) is 0 Å². The van der Waals surface area contributed by atoms with E-state index in [9.17, 15) is 9.59 Å². The van der Waals surface area contributed by atoms with Gasteiger partial charge in [-0.15, -0.1) is 11.3 Å². The summed E-state index contributed by atoms with van der Waals surface area (Å²) in [7, 11) is 0. The highest BCUT2D eigenvalue weighted by molar-refractivity contribution is 7.14. The standard InChI is InChI=1S/C29H36FN3O2S/c1-16(2)31-11-12-33-21-6-4-5-18(23(21)24(30)25(33)27(31)34)13-17(3)32-10-7-19-20-14-29(8-9-29)15-22(20)36-26(19)28(32)35/h16-18H,4-15H2,1-3H3. The van der Waals surface area contributed by atoms with Gasteiger partial charge in [-0.05, 0) is 101 Å². The van der Waals surface area contributed by atoms with Crippen LogP contribution in [0.4, 0.5) is 4.39 Å². The van der Waals surface area contributed by atoms with Crippen molar-refractivity contribution >= 4 is 23.2 Å². The molecule has 1 fully saturated rings. The molecule has 0 radical (unpaired) electrons. The Morgan fingerprint density at radius 3 is 2.56 bits per heavy atom. The average Bonchev–Trinajstić information content (AvgIpc) is 3.23. The lowest BCUT2D eigenvalue weighted by molar-refractivity contribution is 0.0638. The molecule has 2 aromatic heterocycles. The van der Waals surface area contributed by atoms with E-state index in [-0.39, 0.29) is 41.3 Å². The molecule has 2 unspecified atom stereocenters. The van der Waals surface area contributed by atoms with Crippen molar-refractivity contribution in [2.75, 3.05) is 13.1 Å². The molecule has 7 rings (SSSR count). The van der Waals surface area contributed by atoms with E-state index in [2.05, 4.69) is 11.8 Å². The summed E-state index contributed by atoms with van der Waals surface area (Å²) >= 11 is 1.76. The summed E-state index contributed by atoms with van der Waals surface area (Å²) < 4.78 is 17.9. The van der Waals surface area contributed by atoms with Gasteiger partial charge in [0.15, 0.2) is 5.82 Å². The number of amides is 2. The van der Waals surface area contributed by atoms with Crippen molar-refractivity contribution in [1.82, 2.24) is 14.4 Å². The second kappa shape index (κ2) is 7.92. The third kappa shape index (κ3) is 3.23. The number of rotatable bonds is 4. The Balaban J connectivity index is 1.13. The Kier molecular flexibility index (Phi) is 5.06. The molecule has 192 valence electrons. The lowest BCUT2D eigenvalue weighted by atomic mass is 9.82. The first kappa shape index (κ1) is 23.0. The summed E-state index contributed by atoms with van der Waals surface area (Å²) in [6, 6.07) is 0.115. The maximum atomic E-state index is 15.9. The molecule has 2 amide bonds. The molecule has 2 atom stereocenters. The molecule has 0 aromatic carbocycles. The maximum Gasteiger partial charge on any atom is 0.273 e. The van der Waals surface area contributed by atoms with Gasteiger partial charge in [0.1, 0.15) is 5.69 Å². The van der Waals surface area contributed by atoms with Crippen LogP contribution in [-0.4, -0.2) is 51.4 Å². The molecule has 2 aliphatic heterocycles. The van der Waals surface area contributed by atoms with Gasteiger partial charge in [-0.1, -0.05) is 0 Å². The molecule has 1 saturated carbocycles. The maximum absolute atomic E-state index is 15.9. The summed E-state index contributed by atoms with van der Waals surface area (Å²) in [5.74, 6) is -0.233. The van der Waals surface area contributed by atoms with Crippen LogP contribution in [0.25, 0.3) is 0 Å². The number of nitrogens with zero attached hydrogens (tertiary/aromatic N) is 3. The van der Waals surface area contributed by atoms with Crippen molar-refractivity contribution in [2.24, 2.45) is 5.41 Å². The van der Waals surface area contributed by atoms with E-state index in [1.165, 1.54) is 41.7 Å². The van der Waals surface area contributed by atoms with Gasteiger partial charge in [0.25, 0.3) is 11.8 Å². The fourth-order valence-corrected chi connectivity index (χ4v) is 9.19. The van der Waals surface area contributed by atoms with Crippen LogP contribution in [0.3, 0.4) is 0 Å². The second-order valence-corrected chi connectivity index (χ2v) is 13.5. The molecule has 0 N–H and O–H groups in total. The van der Waals surface area contributed by atoms with Crippen molar-refractivity contribution in [3.63, 3.8) is 0 Å². The number of aromatic nitrogens is 1. The number of carbonyl (C=O) groups is 2. The Bertz CT molecular complexity index is 1290. The first-order chi connectivity index (χ1) is 17.3. The fraction of sp³-hybridized carbons (Fsp3) is 0.655. The van der Waals surface area contributed by atoms with Crippen LogP contribution < -0.4 is 0 Å². The molecule has 0 bridgehead atoms. The number of carbonyl (C=O) groups excluding carboxylic acids is 2. The summed E-state index contributed by atoms with van der Waals surface area (Å²) in [4.78, 5) is 33.0. The first-order valence-electron chi connectivity index (χ1n) is 13.9. The van der Waals surface area contributed by atoms with Crippen LogP contribution in [0.2, 0.25) is 0 Å². The number of hydrogen-bond donors (Lipinski definition) is 0. The third-order valence-corrected chi connectivity index (χ3v) is 11.1. The van der Waals surface area contributed by atoms with Crippen LogP contribution >= 0.6 is 11.3 Å². The molecule has 5 aliphatic rings. The van der Waals surface area contributed by atoms with E-state index in [1.54, 1.807) is 16.2 Å². The van der Waals surface area contributed by atoms with Crippen molar-refractivity contribution in [3.8, 4) is 0 Å². The highest BCUT2D eigenvalue weighted by atomic mass is 32.1. The van der Waals surface area contributed by atoms with E-state index in [0.29, 0.717) is 18.5 Å². The smallest absolute Gasteiger partial charge is 0.273 e. The lowest BCUT2D eigenvalue weighted by Crippen LogP contribution is -2.44. The number of halogens is 1. The first-order valence-corrected chi connectivity index (χ1v) is 14.8. The Labute approximate surface area is 216 Å². The van der Waals surface area contributed by atoms with Gasteiger partial charge in [0.05, 0.1) is 4.88 Å². The Morgan fingerprint density at radius 1 is 1.00 bits per heavy atom. The number of fused-ring (bicyclic) bond motifs is 6. The van der Waals surface area contributed by atoms with Gasteiger partial charge in [0, 0.05) is 47.9 Å². The zero-order chi connectivity index (χ0) is 24.9. The predicted octanol–water partition coefficient (Wildman–Crippen LogP) is 5.33. The molecule has 7 heteroatoms. The van der Waals surface area contributed by atoms with Gasteiger partial charge in [-0.2, -0.15) is 0 Å². The molecule has 2 aromatic rings. The largest absolute Gasteiger partial charge is 0.336 e. The monoisotopic (exact) mass is 509 g/mol. The molecule has 5 nitrogen and oxygen atoms in total. The minimum atomic E-state index is -0.298. The van der Waals surface area contributed by atoms with Crippen molar-refractivity contribution in [1.29, 1.82) is 0 Å². The van der Waals surface area contributed by atoms with Gasteiger partial charge < -0.3 is 14.4 Å². The average molecular weight is 510 g/mol. The molecule has 3 aliphatic carbocycles. The zero-order valence-corrected chi connectivity index (χ0v) is 22.5. The highest BCUT2D eigenvalue weighted by Gasteiger charge is 2.50. The number of thiophene rings is 1. The summed E-state index contributed by atoms with van der Waals surface area (Å²) in [6.07, 6.45) is 9.54. The molecule has 36 heavy (non-hydrogen) atoms. The van der Waals surface area contributed by atoms with Crippen LogP contribution in [0.1, 0.15) is 106 Å². The quantitative estimate of drug-likeness (QED) is 0.559. The summed E-state index contributed by atoms with van der Waals surface area (Å²) in [6.45, 7) is 8.20. The van der Waals surface area contributed by atoms with E-state index in [0.717, 1.165) is 54.8 Å². The van der Waals surface area contributed by atoms with Crippen molar-refractivity contribution in [2.45, 2.75) is 103 Å². The molecular formula is C29H36FN3O2S. The molecule has 1 spiro atoms. The summed E-state index contributed by atoms with van der Waals surface area (Å²) in [5, 5.41) is 0.